The molecule has 2 aromatic rings. The number of fused-ring (bicyclic) bond motifs is 2. The highest BCUT2D eigenvalue weighted by Gasteiger charge is 2.27. The smallest absolute Gasteiger partial charge is 0.0655 e. The average molecular weight is 290 g/mol. The van der Waals surface area contributed by atoms with E-state index >= 15 is 0 Å². The standard InChI is InChI=1S/C20H22N2/c1-15(2)13-21-17-9-5-7-11-19(17)22(14-16(3)4)20-12-8-6-10-18(20)21/h5-12H,1,3,13-14H2,2,4H3. The third-order valence-corrected chi connectivity index (χ3v) is 3.78. The summed E-state index contributed by atoms with van der Waals surface area (Å²) in [7, 11) is 0. The second-order valence-corrected chi connectivity index (χ2v) is 6.06. The van der Waals surface area contributed by atoms with E-state index in [0.29, 0.717) is 0 Å². The van der Waals surface area contributed by atoms with Crippen molar-refractivity contribution in [1.29, 1.82) is 0 Å². The fourth-order valence-electron chi connectivity index (χ4n) is 2.98. The second kappa shape index (κ2) is 5.72. The van der Waals surface area contributed by atoms with Crippen LogP contribution in [-0.4, -0.2) is 13.1 Å². The molecule has 0 aliphatic carbocycles. The molecule has 1 heterocycles. The van der Waals surface area contributed by atoms with E-state index in [4.69, 9.17) is 0 Å². The number of nitrogens with zero attached hydrogens (tertiary/aromatic N) is 2. The zero-order valence-corrected chi connectivity index (χ0v) is 13.3. The zero-order chi connectivity index (χ0) is 15.7. The van der Waals surface area contributed by atoms with Crippen LogP contribution in [0.1, 0.15) is 13.8 Å². The summed E-state index contributed by atoms with van der Waals surface area (Å²) in [6, 6.07) is 17.1. The molecule has 1 aliphatic heterocycles. The number of benzene rings is 2. The molecule has 0 fully saturated rings. The molecular formula is C20H22N2. The van der Waals surface area contributed by atoms with Gasteiger partial charge in [0, 0.05) is 13.1 Å². The van der Waals surface area contributed by atoms with Crippen molar-refractivity contribution in [3.63, 3.8) is 0 Å². The minimum Gasteiger partial charge on any atom is -0.334 e. The van der Waals surface area contributed by atoms with Gasteiger partial charge in [0.15, 0.2) is 0 Å². The van der Waals surface area contributed by atoms with Crippen LogP contribution in [0.2, 0.25) is 0 Å². The first-order chi connectivity index (χ1) is 10.6. The molecule has 1 aliphatic rings. The molecule has 22 heavy (non-hydrogen) atoms. The van der Waals surface area contributed by atoms with Gasteiger partial charge < -0.3 is 9.80 Å². The predicted octanol–water partition coefficient (Wildman–Crippen LogP) is 5.43. The van der Waals surface area contributed by atoms with Gasteiger partial charge in [0.05, 0.1) is 22.7 Å². The Balaban J connectivity index is 2.18. The van der Waals surface area contributed by atoms with Crippen molar-refractivity contribution in [1.82, 2.24) is 0 Å². The molecule has 0 N–H and O–H groups in total. The third kappa shape index (κ3) is 2.52. The topological polar surface area (TPSA) is 6.48 Å². The van der Waals surface area contributed by atoms with Gasteiger partial charge in [-0.3, -0.25) is 0 Å². The number of anilines is 4. The van der Waals surface area contributed by atoms with Crippen LogP contribution in [0.15, 0.2) is 72.8 Å². The molecular weight excluding hydrogens is 268 g/mol. The van der Waals surface area contributed by atoms with Crippen molar-refractivity contribution in [2.45, 2.75) is 13.8 Å². The van der Waals surface area contributed by atoms with E-state index in [1.165, 1.54) is 22.7 Å². The first-order valence-electron chi connectivity index (χ1n) is 7.60. The Bertz CT molecular complexity index is 620. The van der Waals surface area contributed by atoms with E-state index in [1.54, 1.807) is 0 Å². The number of hydrogen-bond donors (Lipinski definition) is 0. The quantitative estimate of drug-likeness (QED) is 0.693. The minimum absolute atomic E-state index is 0.828. The second-order valence-electron chi connectivity index (χ2n) is 6.06. The molecule has 0 saturated carbocycles. The van der Waals surface area contributed by atoms with Gasteiger partial charge in [-0.2, -0.15) is 0 Å². The lowest BCUT2D eigenvalue weighted by Gasteiger charge is -2.40. The fraction of sp³-hybridized carbons (Fsp3) is 0.200. The zero-order valence-electron chi connectivity index (χ0n) is 13.3. The molecule has 2 heteroatoms. The van der Waals surface area contributed by atoms with E-state index in [2.05, 4.69) is 85.3 Å². The maximum Gasteiger partial charge on any atom is 0.0655 e. The Kier molecular flexibility index (Phi) is 3.76. The summed E-state index contributed by atoms with van der Waals surface area (Å²) in [5.74, 6) is 0. The summed E-state index contributed by atoms with van der Waals surface area (Å²) >= 11 is 0. The van der Waals surface area contributed by atoms with Crippen LogP contribution in [0.3, 0.4) is 0 Å². The van der Waals surface area contributed by atoms with E-state index < -0.39 is 0 Å². The lowest BCUT2D eigenvalue weighted by Crippen LogP contribution is -2.31. The van der Waals surface area contributed by atoms with Gasteiger partial charge in [0.25, 0.3) is 0 Å². The van der Waals surface area contributed by atoms with Crippen molar-refractivity contribution in [2.24, 2.45) is 0 Å². The Labute approximate surface area is 133 Å². The first-order valence-corrected chi connectivity index (χ1v) is 7.60. The van der Waals surface area contributed by atoms with Crippen molar-refractivity contribution in [2.75, 3.05) is 22.9 Å². The fourth-order valence-corrected chi connectivity index (χ4v) is 2.98. The monoisotopic (exact) mass is 290 g/mol. The van der Waals surface area contributed by atoms with Crippen LogP contribution in [0, 0.1) is 0 Å². The van der Waals surface area contributed by atoms with Gasteiger partial charge >= 0.3 is 0 Å². The van der Waals surface area contributed by atoms with Crippen molar-refractivity contribution in [3.8, 4) is 0 Å². The molecule has 0 spiro atoms. The molecule has 0 unspecified atom stereocenters. The van der Waals surface area contributed by atoms with E-state index in [1.807, 2.05) is 0 Å². The molecule has 0 bridgehead atoms. The van der Waals surface area contributed by atoms with E-state index in [-0.39, 0.29) is 0 Å². The summed E-state index contributed by atoms with van der Waals surface area (Å²) in [6.07, 6.45) is 0. The van der Waals surface area contributed by atoms with Crippen LogP contribution < -0.4 is 9.80 Å². The lowest BCUT2D eigenvalue weighted by molar-refractivity contribution is 0.964. The van der Waals surface area contributed by atoms with Gasteiger partial charge in [-0.25, -0.2) is 0 Å². The van der Waals surface area contributed by atoms with Gasteiger partial charge in [-0.1, -0.05) is 48.6 Å². The Morgan fingerprint density at radius 2 is 0.955 bits per heavy atom. The third-order valence-electron chi connectivity index (χ3n) is 3.78. The molecule has 3 rings (SSSR count). The molecule has 0 amide bonds. The van der Waals surface area contributed by atoms with Crippen molar-refractivity contribution >= 4 is 22.7 Å². The summed E-state index contributed by atoms with van der Waals surface area (Å²) in [4.78, 5) is 4.70. The molecule has 0 saturated heterocycles. The molecule has 0 aromatic heterocycles. The van der Waals surface area contributed by atoms with Gasteiger partial charge in [-0.15, -0.1) is 0 Å². The molecule has 2 aromatic carbocycles. The molecule has 0 atom stereocenters. The number of rotatable bonds is 4. The van der Waals surface area contributed by atoms with Gasteiger partial charge in [0.2, 0.25) is 0 Å². The SMILES string of the molecule is C=C(C)CN1c2ccccc2N(CC(=C)C)c2ccccc21. The highest BCUT2D eigenvalue weighted by Crippen LogP contribution is 2.47. The Morgan fingerprint density at radius 1 is 0.682 bits per heavy atom. The van der Waals surface area contributed by atoms with Crippen LogP contribution >= 0.6 is 0 Å². The van der Waals surface area contributed by atoms with E-state index in [0.717, 1.165) is 24.2 Å². The summed E-state index contributed by atoms with van der Waals surface area (Å²) in [5.41, 5.74) is 7.21. The largest absolute Gasteiger partial charge is 0.334 e. The van der Waals surface area contributed by atoms with Crippen molar-refractivity contribution in [3.05, 3.63) is 72.8 Å². The number of para-hydroxylation sites is 4. The van der Waals surface area contributed by atoms with Crippen molar-refractivity contribution < 1.29 is 0 Å². The average Bonchev–Trinajstić information content (AvgIpc) is 2.50. The van der Waals surface area contributed by atoms with Crippen LogP contribution in [-0.2, 0) is 0 Å². The molecule has 0 radical (unpaired) electrons. The highest BCUT2D eigenvalue weighted by molar-refractivity contribution is 5.93. The van der Waals surface area contributed by atoms with Gasteiger partial charge in [0.1, 0.15) is 0 Å². The Morgan fingerprint density at radius 3 is 1.18 bits per heavy atom. The normalized spacial score (nSPS) is 12.6. The van der Waals surface area contributed by atoms with Crippen LogP contribution in [0.5, 0.6) is 0 Å². The highest BCUT2D eigenvalue weighted by atomic mass is 15.3. The summed E-state index contributed by atoms with van der Waals surface area (Å²) in [5, 5.41) is 0. The molecule has 2 nitrogen and oxygen atoms in total. The van der Waals surface area contributed by atoms with E-state index in [9.17, 15) is 0 Å². The maximum atomic E-state index is 4.09. The van der Waals surface area contributed by atoms with Crippen LogP contribution in [0.25, 0.3) is 0 Å². The number of hydrogen-bond acceptors (Lipinski definition) is 2. The lowest BCUT2D eigenvalue weighted by atomic mass is 10.1. The summed E-state index contributed by atoms with van der Waals surface area (Å²) in [6.45, 7) is 14.0. The first kappa shape index (κ1) is 14.5. The molecule has 112 valence electrons. The summed E-state index contributed by atoms with van der Waals surface area (Å²) < 4.78 is 0. The maximum absolute atomic E-state index is 4.09. The van der Waals surface area contributed by atoms with Crippen LogP contribution in [0.4, 0.5) is 22.7 Å². The predicted molar refractivity (Wildman–Crippen MR) is 96.5 cm³/mol. The Hall–Kier alpha value is -2.48. The van der Waals surface area contributed by atoms with Gasteiger partial charge in [-0.05, 0) is 38.1 Å². The minimum atomic E-state index is 0.828.